The van der Waals surface area contributed by atoms with Gasteiger partial charge in [0.25, 0.3) is 5.91 Å². The third-order valence-corrected chi connectivity index (χ3v) is 8.97. The van der Waals surface area contributed by atoms with Gasteiger partial charge in [-0.15, -0.1) is 0 Å². The average Bonchev–Trinajstić information content (AvgIpc) is 3.61. The number of hydrogen-bond donors (Lipinski definition) is 0. The number of ether oxygens (including phenoxy) is 1. The van der Waals surface area contributed by atoms with Gasteiger partial charge in [0.15, 0.2) is 0 Å². The van der Waals surface area contributed by atoms with Crippen molar-refractivity contribution in [2.45, 2.75) is 45.3 Å². The van der Waals surface area contributed by atoms with Gasteiger partial charge in [0.1, 0.15) is 11.5 Å². The number of amides is 1. The summed E-state index contributed by atoms with van der Waals surface area (Å²) >= 11 is 0. The van der Waals surface area contributed by atoms with Crippen molar-refractivity contribution in [1.29, 1.82) is 0 Å². The first kappa shape index (κ1) is 27.0. The minimum Gasteiger partial charge on any atom is -0.465 e. The number of nitrogens with zero attached hydrogens (tertiary/aromatic N) is 4. The van der Waals surface area contributed by atoms with Crippen molar-refractivity contribution < 1.29 is 14.3 Å². The molecule has 0 fully saturated rings. The second-order valence-electron chi connectivity index (χ2n) is 11.4. The van der Waals surface area contributed by atoms with E-state index in [1.54, 1.807) is 12.1 Å². The van der Waals surface area contributed by atoms with Crippen LogP contribution in [-0.4, -0.2) is 35.1 Å². The van der Waals surface area contributed by atoms with Crippen LogP contribution in [0.2, 0.25) is 0 Å². The van der Waals surface area contributed by atoms with Crippen LogP contribution in [0.15, 0.2) is 91.0 Å². The van der Waals surface area contributed by atoms with E-state index in [4.69, 9.17) is 9.72 Å². The van der Waals surface area contributed by atoms with Crippen molar-refractivity contribution in [2.24, 2.45) is 0 Å². The van der Waals surface area contributed by atoms with E-state index in [1.165, 1.54) is 12.7 Å². The van der Waals surface area contributed by atoms with Crippen LogP contribution in [-0.2, 0) is 23.4 Å². The normalized spacial score (nSPS) is 16.9. The number of carbonyl (C=O) groups excluding carboxylic acids is 2. The summed E-state index contributed by atoms with van der Waals surface area (Å²) in [4.78, 5) is 35.7. The number of anilines is 2. The number of carbonyl (C=O) groups is 2. The molecule has 2 aliphatic heterocycles. The molecule has 0 saturated heterocycles. The van der Waals surface area contributed by atoms with Crippen LogP contribution in [0.3, 0.4) is 0 Å². The number of methoxy groups -OCH3 is 1. The fraction of sp³-hybridized carbons (Fsp3) is 0.250. The number of aryl methyl sites for hydroxylation is 2. The zero-order valence-electron chi connectivity index (χ0n) is 24.7. The lowest BCUT2D eigenvalue weighted by molar-refractivity contribution is 0.0600. The molecule has 1 aromatic heterocycles. The number of imidazole rings is 1. The Labute approximate surface area is 251 Å². The van der Waals surface area contributed by atoms with E-state index in [-0.39, 0.29) is 5.91 Å². The van der Waals surface area contributed by atoms with Gasteiger partial charge in [-0.05, 0) is 67.8 Å². The zero-order chi connectivity index (χ0) is 29.7. The molecular formula is C36H34N4O3. The number of aromatic nitrogens is 2. The largest absolute Gasteiger partial charge is 0.465 e. The van der Waals surface area contributed by atoms with Crippen LogP contribution in [0.4, 0.5) is 11.4 Å². The minimum atomic E-state index is -0.591. The van der Waals surface area contributed by atoms with Gasteiger partial charge in [0, 0.05) is 29.8 Å². The fourth-order valence-electron chi connectivity index (χ4n) is 6.80. The second kappa shape index (κ2) is 10.4. The standard InChI is InChI=1S/C36H34N4O3/c1-4-5-20-39-31-18-15-25(23-32(31)40-34(41)27-13-9-10-14-28(27)36(39,40)2)33-37-29-22-26(35(42)43-3)16-17-30(29)38(33)21-19-24-11-7-6-8-12-24/h6-18,22-23H,4-5,19-21H2,1-3H3. The van der Waals surface area contributed by atoms with Crippen molar-refractivity contribution in [3.63, 3.8) is 0 Å². The van der Waals surface area contributed by atoms with Gasteiger partial charge < -0.3 is 14.2 Å². The Hall–Kier alpha value is -4.91. The van der Waals surface area contributed by atoms with Gasteiger partial charge in [0.2, 0.25) is 0 Å². The highest BCUT2D eigenvalue weighted by molar-refractivity contribution is 6.16. The number of unbranched alkanes of at least 4 members (excludes halogenated alkanes) is 1. The summed E-state index contributed by atoms with van der Waals surface area (Å²) in [6, 6.07) is 30.3. The predicted molar refractivity (Wildman–Crippen MR) is 170 cm³/mol. The highest BCUT2D eigenvalue weighted by Crippen LogP contribution is 2.55. The summed E-state index contributed by atoms with van der Waals surface area (Å²) in [5, 5.41) is 0. The van der Waals surface area contributed by atoms with E-state index in [2.05, 4.69) is 71.8 Å². The van der Waals surface area contributed by atoms with Gasteiger partial charge >= 0.3 is 5.97 Å². The molecule has 0 aliphatic carbocycles. The number of fused-ring (bicyclic) bond motifs is 6. The molecule has 3 heterocycles. The number of rotatable bonds is 8. The maximum Gasteiger partial charge on any atom is 0.337 e. The Morgan fingerprint density at radius 1 is 0.907 bits per heavy atom. The van der Waals surface area contributed by atoms with E-state index in [0.717, 1.165) is 70.7 Å². The van der Waals surface area contributed by atoms with Crippen LogP contribution in [0, 0.1) is 0 Å². The molecule has 0 saturated carbocycles. The lowest BCUT2D eigenvalue weighted by Crippen LogP contribution is -2.50. The molecule has 0 radical (unpaired) electrons. The van der Waals surface area contributed by atoms with E-state index in [1.807, 2.05) is 35.2 Å². The first-order valence-electron chi connectivity index (χ1n) is 14.9. The van der Waals surface area contributed by atoms with Crippen molar-refractivity contribution in [3.05, 3.63) is 113 Å². The highest BCUT2D eigenvalue weighted by atomic mass is 16.5. The van der Waals surface area contributed by atoms with Gasteiger partial charge in [-0.2, -0.15) is 0 Å². The first-order chi connectivity index (χ1) is 21.0. The van der Waals surface area contributed by atoms with Crippen molar-refractivity contribution >= 4 is 34.3 Å². The first-order valence-corrected chi connectivity index (χ1v) is 14.9. The molecule has 7 nitrogen and oxygen atoms in total. The molecule has 0 spiro atoms. The summed E-state index contributed by atoms with van der Waals surface area (Å²) in [6.45, 7) is 5.91. The molecule has 216 valence electrons. The molecule has 43 heavy (non-hydrogen) atoms. The Kier molecular flexibility index (Phi) is 6.53. The molecule has 7 heteroatoms. The molecule has 0 N–H and O–H groups in total. The van der Waals surface area contributed by atoms with Crippen LogP contribution >= 0.6 is 0 Å². The number of esters is 1. The maximum absolute atomic E-state index is 13.9. The molecular weight excluding hydrogens is 536 g/mol. The Bertz CT molecular complexity index is 1880. The van der Waals surface area contributed by atoms with Crippen LogP contribution in [0.1, 0.15) is 58.5 Å². The number of benzene rings is 4. The predicted octanol–water partition coefficient (Wildman–Crippen LogP) is 7.19. The smallest absolute Gasteiger partial charge is 0.337 e. The van der Waals surface area contributed by atoms with E-state index >= 15 is 0 Å². The second-order valence-corrected chi connectivity index (χ2v) is 11.4. The van der Waals surface area contributed by atoms with E-state index in [0.29, 0.717) is 12.1 Å². The average molecular weight is 571 g/mol. The van der Waals surface area contributed by atoms with Crippen LogP contribution in [0.25, 0.3) is 22.4 Å². The van der Waals surface area contributed by atoms with Gasteiger partial charge in [-0.25, -0.2) is 9.78 Å². The fourth-order valence-corrected chi connectivity index (χ4v) is 6.80. The molecule has 1 unspecified atom stereocenters. The zero-order valence-corrected chi connectivity index (χ0v) is 24.7. The Morgan fingerprint density at radius 2 is 1.70 bits per heavy atom. The van der Waals surface area contributed by atoms with Crippen LogP contribution in [0.5, 0.6) is 0 Å². The number of hydrogen-bond acceptors (Lipinski definition) is 5. The molecule has 7 rings (SSSR count). The SMILES string of the molecule is CCCCN1c2ccc(-c3nc4cc(C(=O)OC)ccc4n3CCc3ccccc3)cc2N2C(=O)c3ccccc3C12C. The lowest BCUT2D eigenvalue weighted by Gasteiger charge is -2.38. The Morgan fingerprint density at radius 3 is 2.49 bits per heavy atom. The topological polar surface area (TPSA) is 67.7 Å². The van der Waals surface area contributed by atoms with E-state index in [9.17, 15) is 9.59 Å². The van der Waals surface area contributed by atoms with Crippen molar-refractivity contribution in [3.8, 4) is 11.4 Å². The summed E-state index contributed by atoms with van der Waals surface area (Å²) in [5.41, 5.74) is 7.45. The van der Waals surface area contributed by atoms with Gasteiger partial charge in [-0.1, -0.05) is 61.9 Å². The highest BCUT2D eigenvalue weighted by Gasteiger charge is 2.56. The summed E-state index contributed by atoms with van der Waals surface area (Å²) in [7, 11) is 1.39. The Balaban J connectivity index is 1.37. The minimum absolute atomic E-state index is 0.0239. The molecule has 5 aromatic rings. The molecule has 1 atom stereocenters. The van der Waals surface area contributed by atoms with E-state index < -0.39 is 11.6 Å². The monoisotopic (exact) mass is 570 g/mol. The molecule has 0 bridgehead atoms. The van der Waals surface area contributed by atoms with Gasteiger partial charge in [0.05, 0.1) is 35.1 Å². The van der Waals surface area contributed by atoms with Crippen LogP contribution < -0.4 is 9.80 Å². The summed E-state index contributed by atoms with van der Waals surface area (Å²) in [6.07, 6.45) is 2.92. The van der Waals surface area contributed by atoms with Crippen molar-refractivity contribution in [2.75, 3.05) is 23.5 Å². The van der Waals surface area contributed by atoms with Gasteiger partial charge in [-0.3, -0.25) is 9.69 Å². The molecule has 4 aromatic carbocycles. The third kappa shape index (κ3) is 4.14. The van der Waals surface area contributed by atoms with Crippen molar-refractivity contribution in [1.82, 2.24) is 9.55 Å². The molecule has 2 aliphatic rings. The maximum atomic E-state index is 13.9. The summed E-state index contributed by atoms with van der Waals surface area (Å²) in [5.74, 6) is 0.433. The molecule has 1 amide bonds. The quantitative estimate of drug-likeness (QED) is 0.185. The summed E-state index contributed by atoms with van der Waals surface area (Å²) < 4.78 is 7.19. The third-order valence-electron chi connectivity index (χ3n) is 8.97. The lowest BCUT2D eigenvalue weighted by atomic mass is 9.98.